The molecule has 1 aliphatic carbocycles. The lowest BCUT2D eigenvalue weighted by Crippen LogP contribution is -2.39. The third kappa shape index (κ3) is 2.87. The van der Waals surface area contributed by atoms with Crippen molar-refractivity contribution in [3.8, 4) is 10.8 Å². The van der Waals surface area contributed by atoms with Gasteiger partial charge in [0, 0.05) is 16.2 Å². The van der Waals surface area contributed by atoms with Gasteiger partial charge in [0.25, 0.3) is 0 Å². The highest BCUT2D eigenvalue weighted by Gasteiger charge is 2.42. The minimum atomic E-state index is 0.140. The van der Waals surface area contributed by atoms with Crippen molar-refractivity contribution in [2.24, 2.45) is 5.92 Å². The highest BCUT2D eigenvalue weighted by Crippen LogP contribution is 2.48. The van der Waals surface area contributed by atoms with Crippen LogP contribution in [0, 0.1) is 5.92 Å². The second-order valence-corrected chi connectivity index (χ2v) is 10.2. The van der Waals surface area contributed by atoms with Crippen LogP contribution in [-0.4, -0.2) is 28.5 Å². The number of thioether (sulfide) groups is 1. The monoisotopic (exact) mass is 440 g/mol. The Kier molecular flexibility index (Phi) is 4.52. The summed E-state index contributed by atoms with van der Waals surface area (Å²) >= 11 is 3.67. The van der Waals surface area contributed by atoms with Gasteiger partial charge in [-0.3, -0.25) is 10.3 Å². The van der Waals surface area contributed by atoms with Gasteiger partial charge in [-0.2, -0.15) is 0 Å². The number of hydrazine groups is 1. The Labute approximate surface area is 183 Å². The van der Waals surface area contributed by atoms with E-state index in [1.807, 2.05) is 23.5 Å². The molecule has 4 heterocycles. The molecule has 0 amide bonds. The van der Waals surface area contributed by atoms with E-state index in [0.717, 1.165) is 35.2 Å². The van der Waals surface area contributed by atoms with Gasteiger partial charge in [-0.05, 0) is 48.4 Å². The number of ether oxygens (including phenoxy) is 1. The van der Waals surface area contributed by atoms with Gasteiger partial charge in [-0.1, -0.05) is 30.8 Å². The number of nitrogens with one attached hydrogen (secondary N) is 2. The first kappa shape index (κ1) is 18.7. The number of rotatable bonds is 4. The van der Waals surface area contributed by atoms with Crippen LogP contribution in [-0.2, 0) is 18.6 Å². The van der Waals surface area contributed by atoms with Crippen LogP contribution in [0.3, 0.4) is 0 Å². The predicted octanol–water partition coefficient (Wildman–Crippen LogP) is 3.64. The summed E-state index contributed by atoms with van der Waals surface area (Å²) in [6.45, 7) is 3.11. The maximum absolute atomic E-state index is 5.27. The van der Waals surface area contributed by atoms with E-state index >= 15 is 0 Å². The first-order valence-corrected chi connectivity index (χ1v) is 12.1. The van der Waals surface area contributed by atoms with Crippen molar-refractivity contribution in [1.82, 2.24) is 25.5 Å². The molecule has 30 heavy (non-hydrogen) atoms. The smallest absolute Gasteiger partial charge is 0.249 e. The van der Waals surface area contributed by atoms with Crippen LogP contribution < -0.4 is 20.5 Å². The van der Waals surface area contributed by atoms with E-state index in [0.29, 0.717) is 0 Å². The van der Waals surface area contributed by atoms with Crippen molar-refractivity contribution in [3.05, 3.63) is 45.8 Å². The molecule has 0 radical (unpaired) electrons. The van der Waals surface area contributed by atoms with Crippen LogP contribution in [0.15, 0.2) is 29.4 Å². The van der Waals surface area contributed by atoms with Gasteiger partial charge < -0.3 is 4.74 Å². The van der Waals surface area contributed by atoms with Crippen LogP contribution in [0.1, 0.15) is 41.1 Å². The van der Waals surface area contributed by atoms with Gasteiger partial charge >= 0.3 is 0 Å². The van der Waals surface area contributed by atoms with E-state index in [4.69, 9.17) is 4.74 Å². The Morgan fingerprint density at radius 3 is 2.97 bits per heavy atom. The summed E-state index contributed by atoms with van der Waals surface area (Å²) in [5, 5.41) is 17.1. The number of fused-ring (bicyclic) bond motifs is 8. The van der Waals surface area contributed by atoms with Crippen LogP contribution >= 0.6 is 23.1 Å². The van der Waals surface area contributed by atoms with Crippen molar-refractivity contribution in [1.29, 1.82) is 0 Å². The van der Waals surface area contributed by atoms with Gasteiger partial charge in [-0.25, -0.2) is 9.99 Å². The summed E-state index contributed by atoms with van der Waals surface area (Å²) in [7, 11) is 1.69. The number of hydrogen-bond donors (Lipinski definition) is 2. The molecule has 2 aliphatic heterocycles. The fourth-order valence-electron chi connectivity index (χ4n) is 4.60. The van der Waals surface area contributed by atoms with Crippen molar-refractivity contribution < 1.29 is 4.74 Å². The van der Waals surface area contributed by atoms with E-state index in [1.165, 1.54) is 35.4 Å². The third-order valence-corrected chi connectivity index (χ3v) is 8.46. The van der Waals surface area contributed by atoms with Gasteiger partial charge in [0.2, 0.25) is 5.95 Å². The van der Waals surface area contributed by atoms with Crippen molar-refractivity contribution in [3.63, 3.8) is 0 Å². The highest BCUT2D eigenvalue weighted by molar-refractivity contribution is 7.98. The zero-order valence-electron chi connectivity index (χ0n) is 17.0. The van der Waals surface area contributed by atoms with E-state index < -0.39 is 0 Å². The molecule has 1 saturated heterocycles. The first-order valence-electron chi connectivity index (χ1n) is 10.3. The maximum atomic E-state index is 5.27. The quantitative estimate of drug-likeness (QED) is 0.601. The Balaban J connectivity index is 1.38. The molecular weight excluding hydrogens is 416 g/mol. The summed E-state index contributed by atoms with van der Waals surface area (Å²) in [4.78, 5) is 1.54. The molecule has 1 aromatic carbocycles. The SMILES string of the molecule is COc1ccc(CSc2nnc3n2-c2sc4c(c2C2NCNN32)C[C@H](C)CC4)cc1. The summed E-state index contributed by atoms with van der Waals surface area (Å²) in [5.74, 6) is 3.34. The summed E-state index contributed by atoms with van der Waals surface area (Å²) in [6.07, 6.45) is 3.76. The van der Waals surface area contributed by atoms with Crippen molar-refractivity contribution >= 4 is 29.0 Å². The number of benzene rings is 1. The van der Waals surface area contributed by atoms with Crippen LogP contribution in [0.5, 0.6) is 5.75 Å². The number of hydrogen-bond acceptors (Lipinski definition) is 8. The second-order valence-electron chi connectivity index (χ2n) is 8.14. The number of aromatic nitrogens is 3. The van der Waals surface area contributed by atoms with Gasteiger partial charge in [-0.15, -0.1) is 21.5 Å². The summed E-state index contributed by atoms with van der Waals surface area (Å²) < 4.78 is 7.53. The molecule has 3 aromatic rings. The number of methoxy groups -OCH3 is 1. The molecule has 156 valence electrons. The van der Waals surface area contributed by atoms with Crippen molar-refractivity contribution in [2.45, 2.75) is 43.3 Å². The van der Waals surface area contributed by atoms with Crippen LogP contribution in [0.25, 0.3) is 5.00 Å². The minimum absolute atomic E-state index is 0.140. The fraction of sp³-hybridized carbons (Fsp3) is 0.429. The number of nitrogens with zero attached hydrogens (tertiary/aromatic N) is 4. The average molecular weight is 441 g/mol. The van der Waals surface area contributed by atoms with E-state index in [1.54, 1.807) is 29.3 Å². The van der Waals surface area contributed by atoms with E-state index in [-0.39, 0.29) is 6.17 Å². The number of thiophene rings is 1. The van der Waals surface area contributed by atoms with Crippen LogP contribution in [0.4, 0.5) is 5.95 Å². The normalized spacial score (nSPS) is 21.7. The molecule has 2 N–H and O–H groups in total. The minimum Gasteiger partial charge on any atom is -0.497 e. The zero-order valence-corrected chi connectivity index (χ0v) is 18.6. The molecule has 1 fully saturated rings. The molecule has 0 saturated carbocycles. The highest BCUT2D eigenvalue weighted by atomic mass is 32.2. The Morgan fingerprint density at radius 1 is 1.27 bits per heavy atom. The zero-order chi connectivity index (χ0) is 20.2. The molecule has 6 rings (SSSR count). The summed E-state index contributed by atoms with van der Waals surface area (Å²) in [6, 6.07) is 8.23. The predicted molar refractivity (Wildman–Crippen MR) is 119 cm³/mol. The Hall–Kier alpha value is -2.07. The molecular formula is C21H24N6OS2. The Morgan fingerprint density at radius 2 is 2.13 bits per heavy atom. The molecule has 2 atom stereocenters. The number of anilines is 1. The molecule has 2 aromatic heterocycles. The molecule has 1 unspecified atom stereocenters. The average Bonchev–Trinajstić information content (AvgIpc) is 3.48. The molecule has 0 spiro atoms. The lowest BCUT2D eigenvalue weighted by molar-refractivity contribution is 0.414. The first-order chi connectivity index (χ1) is 14.7. The molecule has 7 nitrogen and oxygen atoms in total. The van der Waals surface area contributed by atoms with Gasteiger partial charge in [0.05, 0.1) is 13.8 Å². The van der Waals surface area contributed by atoms with Gasteiger partial charge in [0.15, 0.2) is 5.16 Å². The second kappa shape index (κ2) is 7.26. The largest absolute Gasteiger partial charge is 0.497 e. The maximum Gasteiger partial charge on any atom is 0.249 e. The lowest BCUT2D eigenvalue weighted by Gasteiger charge is -2.31. The topological polar surface area (TPSA) is 67.2 Å². The van der Waals surface area contributed by atoms with Crippen molar-refractivity contribution in [2.75, 3.05) is 18.8 Å². The molecule has 3 aliphatic rings. The standard InChI is InChI=1S/C21H24N6OS2/c1-12-3-8-16-15(9-12)17-18-22-11-23-27(18)20-24-25-21(26(20)19(17)30-16)29-10-13-4-6-14(28-2)7-5-13/h4-7,12,18,22-23H,3,8-11H2,1-2H3/t12-,18?/m1/s1. The fourth-order valence-corrected chi connectivity index (χ4v) is 6.92. The van der Waals surface area contributed by atoms with E-state index in [9.17, 15) is 0 Å². The number of aryl methyl sites for hydroxylation is 1. The van der Waals surface area contributed by atoms with Crippen LogP contribution in [0.2, 0.25) is 0 Å². The molecule has 9 heteroatoms. The van der Waals surface area contributed by atoms with Gasteiger partial charge in [0.1, 0.15) is 16.9 Å². The molecule has 0 bridgehead atoms. The summed E-state index contributed by atoms with van der Waals surface area (Å²) in [5.41, 5.74) is 7.65. The van der Waals surface area contributed by atoms with E-state index in [2.05, 4.69) is 49.6 Å². The lowest BCUT2D eigenvalue weighted by atomic mass is 9.87. The third-order valence-electron chi connectivity index (χ3n) is 6.17. The Bertz CT molecular complexity index is 1090.